The minimum Gasteiger partial charge on any atom is -0.480 e. The maximum atomic E-state index is 11.8. The van der Waals surface area contributed by atoms with Crippen LogP contribution in [0.2, 0.25) is 0 Å². The van der Waals surface area contributed by atoms with Gasteiger partial charge in [-0.1, -0.05) is 17.7 Å². The predicted octanol–water partition coefficient (Wildman–Crippen LogP) is 1.18. The van der Waals surface area contributed by atoms with Crippen molar-refractivity contribution in [1.82, 2.24) is 10.6 Å². The predicted molar refractivity (Wildman–Crippen MR) is 75.7 cm³/mol. The second-order valence-corrected chi connectivity index (χ2v) is 5.23. The van der Waals surface area contributed by atoms with Crippen molar-refractivity contribution in [2.24, 2.45) is 5.92 Å². The van der Waals surface area contributed by atoms with E-state index in [4.69, 9.17) is 5.11 Å². The number of carboxylic acid groups (broad SMARTS) is 1. The maximum absolute atomic E-state index is 11.8. The largest absolute Gasteiger partial charge is 0.480 e. The highest BCUT2D eigenvalue weighted by atomic mass is 16.4. The van der Waals surface area contributed by atoms with Gasteiger partial charge in [0.25, 0.3) is 5.91 Å². The van der Waals surface area contributed by atoms with Gasteiger partial charge in [-0.2, -0.15) is 0 Å². The number of carboxylic acids is 1. The topological polar surface area (TPSA) is 78.4 Å². The van der Waals surface area contributed by atoms with Gasteiger partial charge in [0.2, 0.25) is 0 Å². The lowest BCUT2D eigenvalue weighted by Crippen LogP contribution is -2.42. The second-order valence-electron chi connectivity index (χ2n) is 5.23. The molecule has 1 aliphatic carbocycles. The molecule has 5 nitrogen and oxygen atoms in total. The maximum Gasteiger partial charge on any atom is 0.320 e. The molecule has 108 valence electrons. The number of carbonyl (C=O) groups excluding carboxylic acids is 1. The van der Waals surface area contributed by atoms with Gasteiger partial charge in [0.1, 0.15) is 6.04 Å². The van der Waals surface area contributed by atoms with Crippen LogP contribution in [0.1, 0.15) is 28.8 Å². The van der Waals surface area contributed by atoms with Crippen molar-refractivity contribution in [2.75, 3.05) is 13.1 Å². The van der Waals surface area contributed by atoms with E-state index in [-0.39, 0.29) is 11.8 Å². The monoisotopic (exact) mass is 276 g/mol. The fraction of sp³-hybridized carbons (Fsp3) is 0.467. The van der Waals surface area contributed by atoms with E-state index in [9.17, 15) is 9.59 Å². The standard InChI is InChI=1S/C15H20N2O3/c1-10-2-4-12(5-3-10)14(18)17-9-8-16-13(15(19)20)11-6-7-11/h2-5,11,13,16H,6-9H2,1H3,(H,17,18)(H,19,20). The number of hydrogen-bond donors (Lipinski definition) is 3. The van der Waals surface area contributed by atoms with E-state index in [1.54, 1.807) is 12.1 Å². The molecule has 1 aromatic carbocycles. The SMILES string of the molecule is Cc1ccc(C(=O)NCCNC(C(=O)O)C2CC2)cc1. The minimum atomic E-state index is -0.808. The van der Waals surface area contributed by atoms with E-state index < -0.39 is 12.0 Å². The zero-order valence-corrected chi connectivity index (χ0v) is 11.6. The molecular weight excluding hydrogens is 256 g/mol. The van der Waals surface area contributed by atoms with Crippen molar-refractivity contribution in [2.45, 2.75) is 25.8 Å². The molecular formula is C15H20N2O3. The third-order valence-corrected chi connectivity index (χ3v) is 3.45. The van der Waals surface area contributed by atoms with Crippen LogP contribution < -0.4 is 10.6 Å². The number of carbonyl (C=O) groups is 2. The molecule has 0 spiro atoms. The molecule has 1 fully saturated rings. The number of hydrogen-bond acceptors (Lipinski definition) is 3. The van der Waals surface area contributed by atoms with E-state index in [1.807, 2.05) is 19.1 Å². The molecule has 1 aliphatic rings. The van der Waals surface area contributed by atoms with Gasteiger partial charge >= 0.3 is 5.97 Å². The average molecular weight is 276 g/mol. The first kappa shape index (κ1) is 14.5. The summed E-state index contributed by atoms with van der Waals surface area (Å²) in [6.45, 7) is 2.85. The summed E-state index contributed by atoms with van der Waals surface area (Å²) in [7, 11) is 0. The van der Waals surface area contributed by atoms with Gasteiger partial charge in [-0.15, -0.1) is 0 Å². The van der Waals surface area contributed by atoms with E-state index in [1.165, 1.54) is 0 Å². The first-order chi connectivity index (χ1) is 9.58. The third kappa shape index (κ3) is 4.06. The minimum absolute atomic E-state index is 0.134. The molecule has 20 heavy (non-hydrogen) atoms. The highest BCUT2D eigenvalue weighted by Crippen LogP contribution is 2.32. The lowest BCUT2D eigenvalue weighted by molar-refractivity contribution is -0.140. The Morgan fingerprint density at radius 2 is 1.90 bits per heavy atom. The summed E-state index contributed by atoms with van der Waals surface area (Å²) in [5.74, 6) is -0.692. The summed E-state index contributed by atoms with van der Waals surface area (Å²) in [6, 6.07) is 6.86. The molecule has 1 unspecified atom stereocenters. The van der Waals surface area contributed by atoms with Crippen molar-refractivity contribution < 1.29 is 14.7 Å². The fourth-order valence-electron chi connectivity index (χ4n) is 2.10. The molecule has 0 radical (unpaired) electrons. The van der Waals surface area contributed by atoms with Gasteiger partial charge in [-0.05, 0) is 37.8 Å². The number of rotatable bonds is 7. The zero-order chi connectivity index (χ0) is 14.5. The number of amides is 1. The van der Waals surface area contributed by atoms with Crippen LogP contribution in [-0.4, -0.2) is 36.1 Å². The zero-order valence-electron chi connectivity index (χ0n) is 11.6. The number of aryl methyl sites for hydroxylation is 1. The Hall–Kier alpha value is -1.88. The second kappa shape index (κ2) is 6.52. The highest BCUT2D eigenvalue weighted by molar-refractivity contribution is 5.94. The van der Waals surface area contributed by atoms with Gasteiger partial charge in [0.15, 0.2) is 0 Å². The van der Waals surface area contributed by atoms with Crippen molar-refractivity contribution in [3.05, 3.63) is 35.4 Å². The number of benzene rings is 1. The summed E-state index contributed by atoms with van der Waals surface area (Å²) >= 11 is 0. The van der Waals surface area contributed by atoms with Crippen LogP contribution in [0.15, 0.2) is 24.3 Å². The van der Waals surface area contributed by atoms with E-state index in [0.29, 0.717) is 18.7 Å². The summed E-state index contributed by atoms with van der Waals surface area (Å²) in [5.41, 5.74) is 1.73. The Balaban J connectivity index is 1.71. The van der Waals surface area contributed by atoms with Crippen LogP contribution in [-0.2, 0) is 4.79 Å². The van der Waals surface area contributed by atoms with Crippen LogP contribution in [0.4, 0.5) is 0 Å². The van der Waals surface area contributed by atoms with Crippen LogP contribution in [0.5, 0.6) is 0 Å². The normalized spacial score (nSPS) is 15.7. The van der Waals surface area contributed by atoms with Crippen molar-refractivity contribution in [3.8, 4) is 0 Å². The molecule has 0 bridgehead atoms. The van der Waals surface area contributed by atoms with Crippen LogP contribution in [0, 0.1) is 12.8 Å². The van der Waals surface area contributed by atoms with E-state index in [0.717, 1.165) is 18.4 Å². The van der Waals surface area contributed by atoms with Gasteiger partial charge in [-0.25, -0.2) is 0 Å². The van der Waals surface area contributed by atoms with Crippen molar-refractivity contribution in [3.63, 3.8) is 0 Å². The number of nitrogens with one attached hydrogen (secondary N) is 2. The molecule has 3 N–H and O–H groups in total. The van der Waals surface area contributed by atoms with E-state index in [2.05, 4.69) is 10.6 Å². The molecule has 5 heteroatoms. The smallest absolute Gasteiger partial charge is 0.320 e. The summed E-state index contributed by atoms with van der Waals surface area (Å²) in [5, 5.41) is 14.8. The van der Waals surface area contributed by atoms with Gasteiger partial charge in [-0.3, -0.25) is 9.59 Å². The molecule has 0 heterocycles. The Bertz CT molecular complexity index is 480. The average Bonchev–Trinajstić information content (AvgIpc) is 3.23. The first-order valence-corrected chi connectivity index (χ1v) is 6.89. The summed E-state index contributed by atoms with van der Waals surface area (Å²) < 4.78 is 0. The van der Waals surface area contributed by atoms with Gasteiger partial charge < -0.3 is 15.7 Å². The Kier molecular flexibility index (Phi) is 4.74. The summed E-state index contributed by atoms with van der Waals surface area (Å²) in [6.07, 6.45) is 1.94. The molecule has 0 aliphatic heterocycles. The van der Waals surface area contributed by atoms with Crippen LogP contribution >= 0.6 is 0 Å². The molecule has 1 amide bonds. The first-order valence-electron chi connectivity index (χ1n) is 6.89. The quantitative estimate of drug-likeness (QED) is 0.653. The van der Waals surface area contributed by atoms with Gasteiger partial charge in [0.05, 0.1) is 0 Å². The Labute approximate surface area is 118 Å². The number of aliphatic carboxylic acids is 1. The molecule has 2 rings (SSSR count). The molecule has 0 saturated heterocycles. The Morgan fingerprint density at radius 1 is 1.25 bits per heavy atom. The van der Waals surface area contributed by atoms with Crippen LogP contribution in [0.3, 0.4) is 0 Å². The molecule has 0 aromatic heterocycles. The van der Waals surface area contributed by atoms with Crippen LogP contribution in [0.25, 0.3) is 0 Å². The van der Waals surface area contributed by atoms with Gasteiger partial charge in [0, 0.05) is 18.7 Å². The molecule has 1 saturated carbocycles. The van der Waals surface area contributed by atoms with Crippen molar-refractivity contribution >= 4 is 11.9 Å². The lowest BCUT2D eigenvalue weighted by atomic mass is 10.1. The highest BCUT2D eigenvalue weighted by Gasteiger charge is 2.35. The lowest BCUT2D eigenvalue weighted by Gasteiger charge is -2.13. The Morgan fingerprint density at radius 3 is 2.45 bits per heavy atom. The fourth-order valence-corrected chi connectivity index (χ4v) is 2.10. The third-order valence-electron chi connectivity index (χ3n) is 3.45. The summed E-state index contributed by atoms with van der Waals surface area (Å²) in [4.78, 5) is 22.8. The van der Waals surface area contributed by atoms with E-state index >= 15 is 0 Å². The molecule has 1 atom stereocenters. The molecule has 1 aromatic rings. The van der Waals surface area contributed by atoms with Crippen molar-refractivity contribution in [1.29, 1.82) is 0 Å².